The molecule has 0 amide bonds. The standard InChI is InChI=1S/C115H196O16P2/c1-4-7-10-13-16-19-22-25-28-31-34-37-40-43-46-49-52-53-54-55-58-60-62-65-68-71-74-77-80-83-86-89-92-95-98-101-113(118)125-104-110(116)105-127-132(121,122)128-106-111(117)107-129-133(123,124)130-109-112(131-115(120)103-100-97-94-91-88-85-82-79-76-73-70-67-64-61-57-51-48-45-42-39-36-33-30-27-24-21-18-15-12-9-6-3)108-126-114(119)102-99-96-93-90-87-84-81-78-75-72-69-66-63-59-56-50-47-44-41-38-35-32-29-26-23-20-17-14-11-8-5-2/h8-9,11-12,16-21,25-30,34-39,43-48,56-57,59,61,110-112,116-117H,4-7,10,13-15,22-24,31-33,40-42,49-55,58,60,62-109H2,1-3H3,(H,121,122)(H,123,124)/b11-8-,12-9-,19-16-,20-17-,21-18-,28-25-,29-26-,30-27-,37-34-,38-35-,39-36-,46-43-,47-44-,48-45-,59-56-,61-57-. The third-order valence-corrected chi connectivity index (χ3v) is 24.7. The van der Waals surface area contributed by atoms with E-state index >= 15 is 0 Å². The van der Waals surface area contributed by atoms with Crippen LogP contribution in [0.4, 0.5) is 0 Å². The van der Waals surface area contributed by atoms with Gasteiger partial charge in [0.1, 0.15) is 25.4 Å². The van der Waals surface area contributed by atoms with Gasteiger partial charge >= 0.3 is 33.6 Å². The van der Waals surface area contributed by atoms with Crippen LogP contribution in [-0.4, -0.2) is 95.9 Å². The van der Waals surface area contributed by atoms with Crippen molar-refractivity contribution in [2.45, 2.75) is 476 Å². The molecule has 16 nitrogen and oxygen atoms in total. The molecule has 0 spiro atoms. The first-order chi connectivity index (χ1) is 65.2. The number of carbonyl (C=O) groups is 3. The predicted octanol–water partition coefficient (Wildman–Crippen LogP) is 34.5. The number of ether oxygens (including phenoxy) is 3. The number of hydrogen-bond donors (Lipinski definition) is 4. The van der Waals surface area contributed by atoms with E-state index < -0.39 is 91.5 Å². The van der Waals surface area contributed by atoms with Gasteiger partial charge in [-0.1, -0.05) is 466 Å². The maximum atomic E-state index is 13.2. The third kappa shape index (κ3) is 107. The molecule has 0 aromatic carbocycles. The van der Waals surface area contributed by atoms with Crippen LogP contribution in [0.5, 0.6) is 0 Å². The number of aliphatic hydroxyl groups is 2. The Labute approximate surface area is 814 Å². The van der Waals surface area contributed by atoms with Crippen LogP contribution in [0.2, 0.25) is 0 Å². The van der Waals surface area contributed by atoms with Gasteiger partial charge in [-0.3, -0.25) is 32.5 Å². The van der Waals surface area contributed by atoms with E-state index in [4.69, 9.17) is 32.3 Å². The Bertz CT molecular complexity index is 3200. The van der Waals surface area contributed by atoms with Crippen LogP contribution in [0, 0.1) is 0 Å². The molecule has 133 heavy (non-hydrogen) atoms. The van der Waals surface area contributed by atoms with Crippen LogP contribution in [0.15, 0.2) is 194 Å². The Morgan fingerprint density at radius 2 is 0.398 bits per heavy atom. The van der Waals surface area contributed by atoms with Crippen molar-refractivity contribution in [1.82, 2.24) is 0 Å². The zero-order valence-electron chi connectivity index (χ0n) is 84.6. The summed E-state index contributed by atoms with van der Waals surface area (Å²) in [7, 11) is -9.83. The summed E-state index contributed by atoms with van der Waals surface area (Å²) in [6, 6.07) is 0. The zero-order chi connectivity index (χ0) is 96.4. The highest BCUT2D eigenvalue weighted by Crippen LogP contribution is 2.45. The number of rotatable bonds is 101. The molecule has 0 saturated heterocycles. The lowest BCUT2D eigenvalue weighted by Crippen LogP contribution is -2.30. The predicted molar refractivity (Wildman–Crippen MR) is 564 cm³/mol. The second-order valence-corrected chi connectivity index (χ2v) is 38.6. The Balaban J connectivity index is 4.61. The van der Waals surface area contributed by atoms with Crippen molar-refractivity contribution in [3.05, 3.63) is 194 Å². The second-order valence-electron chi connectivity index (χ2n) is 35.6. The van der Waals surface area contributed by atoms with Gasteiger partial charge in [-0.05, 0) is 167 Å². The van der Waals surface area contributed by atoms with Crippen molar-refractivity contribution < 1.29 is 75.8 Å². The average Bonchev–Trinajstić information content (AvgIpc) is 0.900. The summed E-state index contributed by atoms with van der Waals surface area (Å²) in [5.74, 6) is -1.56. The molecule has 762 valence electrons. The number of carbonyl (C=O) groups excluding carboxylic acids is 3. The highest BCUT2D eigenvalue weighted by Gasteiger charge is 2.30. The Morgan fingerprint density at radius 1 is 0.218 bits per heavy atom. The van der Waals surface area contributed by atoms with Crippen LogP contribution in [-0.2, 0) is 55.8 Å². The molecule has 0 bridgehead atoms. The Morgan fingerprint density at radius 3 is 0.632 bits per heavy atom. The summed E-state index contributed by atoms with van der Waals surface area (Å²) in [5.41, 5.74) is 0. The van der Waals surface area contributed by atoms with Gasteiger partial charge in [-0.2, -0.15) is 0 Å². The van der Waals surface area contributed by atoms with Crippen molar-refractivity contribution >= 4 is 33.6 Å². The number of aliphatic hydroxyl groups excluding tert-OH is 2. The van der Waals surface area contributed by atoms with Gasteiger partial charge in [0.2, 0.25) is 0 Å². The van der Waals surface area contributed by atoms with Crippen LogP contribution in [0.25, 0.3) is 0 Å². The SMILES string of the molecule is CC/C=C\C/C=C\C/C=C\C/C=C\C/C=C\C/C=C\CCCCCCCCCCCCCCC(=O)OCC(COP(=O)(O)OCC(O)COP(=O)(O)OCC(O)COC(=O)CCCCCCCCCCCCCCCCCCCCC/C=C\C/C=C\C/C=C\C/C=C\CCCCC)OC(=O)CCCCCCCCCCCCCC/C=C\C/C=C\C/C=C\C/C=C\C/C=C\C/C=C\CC. The van der Waals surface area contributed by atoms with E-state index in [-0.39, 0.29) is 19.3 Å². The smallest absolute Gasteiger partial charge is 0.463 e. The molecule has 4 N–H and O–H groups in total. The van der Waals surface area contributed by atoms with E-state index in [1.807, 2.05) is 0 Å². The van der Waals surface area contributed by atoms with Crippen LogP contribution < -0.4 is 0 Å². The van der Waals surface area contributed by atoms with Crippen molar-refractivity contribution in [1.29, 1.82) is 0 Å². The maximum absolute atomic E-state index is 13.2. The molecule has 0 rings (SSSR count). The number of phosphoric acid groups is 2. The number of phosphoric ester groups is 2. The molecule has 0 radical (unpaired) electrons. The van der Waals surface area contributed by atoms with Crippen LogP contribution in [0.1, 0.15) is 457 Å². The maximum Gasteiger partial charge on any atom is 0.472 e. The molecule has 5 atom stereocenters. The molecule has 5 unspecified atom stereocenters. The minimum atomic E-state index is -4.95. The van der Waals surface area contributed by atoms with Gasteiger partial charge in [0.25, 0.3) is 0 Å². The number of allylic oxidation sites excluding steroid dienone is 32. The number of unbranched alkanes of at least 4 members (excludes halogenated alkanes) is 46. The molecule has 0 aliphatic heterocycles. The van der Waals surface area contributed by atoms with Crippen molar-refractivity contribution in [2.75, 3.05) is 39.6 Å². The molecule has 0 heterocycles. The van der Waals surface area contributed by atoms with Crippen molar-refractivity contribution in [2.24, 2.45) is 0 Å². The van der Waals surface area contributed by atoms with Gasteiger partial charge in [-0.25, -0.2) is 9.13 Å². The van der Waals surface area contributed by atoms with Gasteiger partial charge in [0.05, 0.1) is 26.4 Å². The molecular formula is C115H196O16P2. The van der Waals surface area contributed by atoms with Gasteiger partial charge in [0, 0.05) is 19.3 Å². The molecule has 0 aromatic rings. The van der Waals surface area contributed by atoms with E-state index in [9.17, 15) is 43.5 Å². The van der Waals surface area contributed by atoms with Gasteiger partial charge < -0.3 is 34.2 Å². The molecule has 0 saturated carbocycles. The second kappa shape index (κ2) is 105. The first kappa shape index (κ1) is 127. The minimum Gasteiger partial charge on any atom is -0.463 e. The van der Waals surface area contributed by atoms with E-state index in [1.54, 1.807) is 0 Å². The number of hydrogen-bond acceptors (Lipinski definition) is 14. The highest BCUT2D eigenvalue weighted by molar-refractivity contribution is 7.47. The molecular weight excluding hydrogens is 1700 g/mol. The molecule has 0 aromatic heterocycles. The summed E-state index contributed by atoms with van der Waals surface area (Å²) in [5, 5.41) is 20.8. The lowest BCUT2D eigenvalue weighted by molar-refractivity contribution is -0.161. The molecule has 0 aliphatic rings. The largest absolute Gasteiger partial charge is 0.472 e. The van der Waals surface area contributed by atoms with Gasteiger partial charge in [0.15, 0.2) is 6.10 Å². The van der Waals surface area contributed by atoms with E-state index in [2.05, 4.69) is 215 Å². The zero-order valence-corrected chi connectivity index (χ0v) is 86.4. The summed E-state index contributed by atoms with van der Waals surface area (Å²) in [6.45, 7) is 2.50. The Kier molecular flexibility index (Phi) is 101. The summed E-state index contributed by atoms with van der Waals surface area (Å²) in [6.07, 6.45) is 142. The van der Waals surface area contributed by atoms with E-state index in [0.717, 1.165) is 180 Å². The number of esters is 3. The van der Waals surface area contributed by atoms with Crippen LogP contribution >= 0.6 is 15.6 Å². The fourth-order valence-corrected chi connectivity index (χ4v) is 16.3. The summed E-state index contributed by atoms with van der Waals surface area (Å²) >= 11 is 0. The Hall–Kier alpha value is -5.61. The van der Waals surface area contributed by atoms with Gasteiger partial charge in [-0.15, -0.1) is 0 Å². The average molecular weight is 1900 g/mol. The topological polar surface area (TPSA) is 231 Å². The van der Waals surface area contributed by atoms with Crippen molar-refractivity contribution in [3.8, 4) is 0 Å². The first-order valence-electron chi connectivity index (χ1n) is 53.7. The molecule has 0 fully saturated rings. The van der Waals surface area contributed by atoms with E-state index in [1.165, 1.54) is 218 Å². The fraction of sp³-hybridized carbons (Fsp3) is 0.696. The lowest BCUT2D eigenvalue weighted by atomic mass is 10.0. The third-order valence-electron chi connectivity index (χ3n) is 22.8. The molecule has 0 aliphatic carbocycles. The summed E-state index contributed by atoms with van der Waals surface area (Å²) < 4.78 is 61.8. The monoisotopic (exact) mass is 1900 g/mol. The molecule has 18 heteroatoms. The summed E-state index contributed by atoms with van der Waals surface area (Å²) in [4.78, 5) is 59.3. The lowest BCUT2D eigenvalue weighted by Gasteiger charge is -2.21. The first-order valence-corrected chi connectivity index (χ1v) is 56.7. The van der Waals surface area contributed by atoms with E-state index in [0.29, 0.717) is 19.3 Å². The highest BCUT2D eigenvalue weighted by atomic mass is 31.2. The quantitative estimate of drug-likeness (QED) is 0.0146. The normalized spacial score (nSPS) is 14.4. The van der Waals surface area contributed by atoms with Crippen LogP contribution in [0.3, 0.4) is 0 Å². The fourth-order valence-electron chi connectivity index (χ4n) is 14.7. The minimum absolute atomic E-state index is 0.0963. The van der Waals surface area contributed by atoms with Crippen molar-refractivity contribution in [3.63, 3.8) is 0 Å².